The number of hydrogen-bond donors (Lipinski definition) is 2. The van der Waals surface area contributed by atoms with Crippen LogP contribution in [-0.4, -0.2) is 27.1 Å². The maximum absolute atomic E-state index is 13.4. The van der Waals surface area contributed by atoms with Crippen molar-refractivity contribution in [3.63, 3.8) is 0 Å². The summed E-state index contributed by atoms with van der Waals surface area (Å²) in [6.07, 6.45) is 4.13. The molecule has 0 saturated heterocycles. The van der Waals surface area contributed by atoms with Crippen LogP contribution in [0, 0.1) is 13.8 Å². The summed E-state index contributed by atoms with van der Waals surface area (Å²) in [5.41, 5.74) is 2.23. The molecule has 0 unspecified atom stereocenters. The third-order valence-electron chi connectivity index (χ3n) is 5.69. The molecule has 1 aromatic carbocycles. The van der Waals surface area contributed by atoms with Gasteiger partial charge < -0.3 is 10.6 Å². The van der Waals surface area contributed by atoms with Gasteiger partial charge in [0.1, 0.15) is 4.83 Å². The summed E-state index contributed by atoms with van der Waals surface area (Å²) in [7, 11) is 0. The van der Waals surface area contributed by atoms with Crippen molar-refractivity contribution in [3.8, 4) is 0 Å². The molecule has 0 aliphatic heterocycles. The van der Waals surface area contributed by atoms with E-state index in [9.17, 15) is 14.4 Å². The van der Waals surface area contributed by atoms with Gasteiger partial charge in [0, 0.05) is 29.2 Å². The van der Waals surface area contributed by atoms with Gasteiger partial charge in [0.05, 0.1) is 11.1 Å². The van der Waals surface area contributed by atoms with Gasteiger partial charge >= 0.3 is 0 Å². The van der Waals surface area contributed by atoms with Crippen LogP contribution >= 0.6 is 23.1 Å². The highest BCUT2D eigenvalue weighted by Gasteiger charge is 2.25. The van der Waals surface area contributed by atoms with E-state index in [4.69, 9.17) is 4.98 Å². The summed E-state index contributed by atoms with van der Waals surface area (Å²) in [6.45, 7) is 5.42. The van der Waals surface area contributed by atoms with Crippen LogP contribution in [0.2, 0.25) is 0 Å². The highest BCUT2D eigenvalue weighted by atomic mass is 32.2. The number of nitrogens with one attached hydrogen (secondary N) is 2. The Bertz CT molecular complexity index is 1240. The van der Waals surface area contributed by atoms with Crippen LogP contribution in [0.4, 0.5) is 11.4 Å². The van der Waals surface area contributed by atoms with Gasteiger partial charge in [-0.2, -0.15) is 0 Å². The number of fused-ring (bicyclic) bond motifs is 1. The van der Waals surface area contributed by atoms with Gasteiger partial charge in [-0.1, -0.05) is 30.7 Å². The molecule has 7 nitrogen and oxygen atoms in total. The number of carbonyl (C=O) groups is 2. The second-order valence-corrected chi connectivity index (χ2v) is 10.2. The van der Waals surface area contributed by atoms with Gasteiger partial charge in [0.2, 0.25) is 11.8 Å². The monoisotopic (exact) mass is 470 g/mol. The lowest BCUT2D eigenvalue weighted by atomic mass is 10.2. The summed E-state index contributed by atoms with van der Waals surface area (Å²) in [4.78, 5) is 43.9. The molecule has 0 atom stereocenters. The minimum Gasteiger partial charge on any atom is -0.326 e. The molecule has 32 heavy (non-hydrogen) atoms. The Morgan fingerprint density at radius 3 is 2.56 bits per heavy atom. The lowest BCUT2D eigenvalue weighted by Gasteiger charge is -2.18. The van der Waals surface area contributed by atoms with Crippen molar-refractivity contribution in [2.75, 3.05) is 16.4 Å². The van der Waals surface area contributed by atoms with Crippen LogP contribution in [0.15, 0.2) is 34.2 Å². The molecule has 1 aliphatic rings. The van der Waals surface area contributed by atoms with Gasteiger partial charge in [-0.15, -0.1) is 11.3 Å². The van der Waals surface area contributed by atoms with Crippen LogP contribution < -0.4 is 16.2 Å². The Hall–Kier alpha value is -2.65. The summed E-state index contributed by atoms with van der Waals surface area (Å²) in [6, 6.07) is 7.14. The second kappa shape index (κ2) is 9.46. The fraction of sp³-hybridized carbons (Fsp3) is 0.391. The molecule has 1 fully saturated rings. The first kappa shape index (κ1) is 22.5. The number of aromatic nitrogens is 2. The van der Waals surface area contributed by atoms with E-state index >= 15 is 0 Å². The molecule has 2 amide bonds. The normalized spacial score (nSPS) is 14.1. The molecule has 3 aromatic rings. The van der Waals surface area contributed by atoms with Crippen molar-refractivity contribution in [2.24, 2.45) is 0 Å². The number of thiophene rings is 1. The largest absolute Gasteiger partial charge is 0.326 e. The lowest BCUT2D eigenvalue weighted by Crippen LogP contribution is -2.27. The van der Waals surface area contributed by atoms with E-state index in [1.54, 1.807) is 24.3 Å². The lowest BCUT2D eigenvalue weighted by molar-refractivity contribution is -0.114. The fourth-order valence-electron chi connectivity index (χ4n) is 4.08. The Kier molecular flexibility index (Phi) is 6.66. The van der Waals surface area contributed by atoms with Crippen LogP contribution in [0.1, 0.15) is 49.1 Å². The molecular weight excluding hydrogens is 444 g/mol. The van der Waals surface area contributed by atoms with Gasteiger partial charge in [-0.25, -0.2) is 4.98 Å². The summed E-state index contributed by atoms with van der Waals surface area (Å²) < 4.78 is 1.82. The standard InChI is InChI=1S/C23H26N4O3S2/c1-13-14(2)32-21-20(13)22(30)27(18-9-4-5-10-18)23(26-21)31-12-19(29)25-17-8-6-7-16(11-17)24-15(3)28/h6-8,11,18H,4-5,9-10,12H2,1-3H3,(H,24,28)(H,25,29). The maximum atomic E-state index is 13.4. The first-order valence-corrected chi connectivity index (χ1v) is 12.5. The topological polar surface area (TPSA) is 93.1 Å². The van der Waals surface area contributed by atoms with E-state index in [0.29, 0.717) is 21.9 Å². The summed E-state index contributed by atoms with van der Waals surface area (Å²) in [5, 5.41) is 6.88. The third-order valence-corrected chi connectivity index (χ3v) is 7.75. The molecule has 168 valence electrons. The molecule has 4 rings (SSSR count). The average molecular weight is 471 g/mol. The zero-order valence-corrected chi connectivity index (χ0v) is 20.0. The van der Waals surface area contributed by atoms with E-state index in [1.165, 1.54) is 30.0 Å². The van der Waals surface area contributed by atoms with Gasteiger partial charge in [0.25, 0.3) is 5.56 Å². The number of carbonyl (C=O) groups excluding carboxylic acids is 2. The molecule has 0 spiro atoms. The predicted octanol–water partition coefficient (Wildman–Crippen LogP) is 4.88. The van der Waals surface area contributed by atoms with Crippen molar-refractivity contribution in [2.45, 2.75) is 57.7 Å². The molecule has 1 aliphatic carbocycles. The van der Waals surface area contributed by atoms with E-state index < -0.39 is 0 Å². The molecule has 2 heterocycles. The van der Waals surface area contributed by atoms with Gasteiger partial charge in [-0.3, -0.25) is 19.0 Å². The van der Waals surface area contributed by atoms with Gasteiger partial charge in [0.15, 0.2) is 5.16 Å². The van der Waals surface area contributed by atoms with Crippen LogP contribution in [0.5, 0.6) is 0 Å². The maximum Gasteiger partial charge on any atom is 0.263 e. The van der Waals surface area contributed by atoms with Crippen LogP contribution in [0.25, 0.3) is 10.2 Å². The van der Waals surface area contributed by atoms with E-state index in [-0.39, 0.29) is 29.2 Å². The predicted molar refractivity (Wildman–Crippen MR) is 131 cm³/mol. The van der Waals surface area contributed by atoms with Crippen molar-refractivity contribution >= 4 is 56.5 Å². The Morgan fingerprint density at radius 2 is 1.88 bits per heavy atom. The average Bonchev–Trinajstić information content (AvgIpc) is 3.35. The van der Waals surface area contributed by atoms with E-state index in [0.717, 1.165) is 41.0 Å². The smallest absolute Gasteiger partial charge is 0.263 e. The number of amides is 2. The number of benzene rings is 1. The zero-order chi connectivity index (χ0) is 22.8. The second-order valence-electron chi connectivity index (χ2n) is 8.07. The van der Waals surface area contributed by atoms with Crippen molar-refractivity contribution in [1.82, 2.24) is 9.55 Å². The summed E-state index contributed by atoms with van der Waals surface area (Å²) >= 11 is 2.83. The van der Waals surface area contributed by atoms with E-state index in [2.05, 4.69) is 10.6 Å². The number of thioether (sulfide) groups is 1. The van der Waals surface area contributed by atoms with Gasteiger partial charge in [-0.05, 0) is 50.5 Å². The number of hydrogen-bond acceptors (Lipinski definition) is 6. The summed E-state index contributed by atoms with van der Waals surface area (Å²) in [5.74, 6) is -0.228. The SMILES string of the molecule is CC(=O)Nc1cccc(NC(=O)CSc2nc3sc(C)c(C)c3c(=O)n2C2CCCC2)c1. The first-order chi connectivity index (χ1) is 15.3. The van der Waals surface area contributed by atoms with Crippen molar-refractivity contribution < 1.29 is 9.59 Å². The quantitative estimate of drug-likeness (QED) is 0.396. The van der Waals surface area contributed by atoms with Crippen molar-refractivity contribution in [1.29, 1.82) is 0 Å². The molecule has 2 aromatic heterocycles. The first-order valence-electron chi connectivity index (χ1n) is 10.7. The Morgan fingerprint density at radius 1 is 1.19 bits per heavy atom. The minimum absolute atomic E-state index is 0.00895. The molecule has 0 radical (unpaired) electrons. The molecule has 0 bridgehead atoms. The zero-order valence-electron chi connectivity index (χ0n) is 18.4. The van der Waals surface area contributed by atoms with Crippen LogP contribution in [0.3, 0.4) is 0 Å². The number of aryl methyl sites for hydroxylation is 2. The van der Waals surface area contributed by atoms with Crippen LogP contribution in [-0.2, 0) is 9.59 Å². The minimum atomic E-state index is -0.194. The molecule has 2 N–H and O–H groups in total. The number of anilines is 2. The van der Waals surface area contributed by atoms with E-state index in [1.807, 2.05) is 18.4 Å². The highest BCUT2D eigenvalue weighted by Crippen LogP contribution is 2.34. The Labute approximate surface area is 194 Å². The third kappa shape index (κ3) is 4.73. The molecule has 9 heteroatoms. The Balaban J connectivity index is 1.56. The number of nitrogens with zero attached hydrogens (tertiary/aromatic N) is 2. The van der Waals surface area contributed by atoms with Crippen molar-refractivity contribution in [3.05, 3.63) is 45.1 Å². The molecular formula is C23H26N4O3S2. The fourth-order valence-corrected chi connectivity index (χ4v) is 6.02. The number of rotatable bonds is 6. The highest BCUT2D eigenvalue weighted by molar-refractivity contribution is 7.99. The molecule has 1 saturated carbocycles.